The van der Waals surface area contributed by atoms with E-state index in [1.807, 2.05) is 30.3 Å². The normalized spacial score (nSPS) is 10.5. The molecule has 2 heterocycles. The highest BCUT2D eigenvalue weighted by Crippen LogP contribution is 2.24. The van der Waals surface area contributed by atoms with Crippen molar-refractivity contribution in [3.8, 4) is 6.07 Å². The van der Waals surface area contributed by atoms with Gasteiger partial charge in [0.25, 0.3) is 0 Å². The van der Waals surface area contributed by atoms with E-state index in [1.54, 1.807) is 12.3 Å². The molecule has 0 saturated carbocycles. The van der Waals surface area contributed by atoms with Crippen LogP contribution < -0.4 is 5.73 Å². The van der Waals surface area contributed by atoms with Crippen molar-refractivity contribution in [2.75, 3.05) is 5.73 Å². The fraction of sp³-hybridized carbons (Fsp3) is 0. The van der Waals surface area contributed by atoms with Crippen molar-refractivity contribution < 1.29 is 0 Å². The standard InChI is InChI=1S/C13H8N4/c14-6-8-5-9-7-16-11-4-2-1-3-10(11)12(9)17-13(8)15/h1-5,7H,(H2,15,17). The van der Waals surface area contributed by atoms with Crippen LogP contribution in [0.2, 0.25) is 0 Å². The van der Waals surface area contributed by atoms with Gasteiger partial charge in [-0.15, -0.1) is 0 Å². The van der Waals surface area contributed by atoms with E-state index in [-0.39, 0.29) is 5.82 Å². The molecule has 80 valence electrons. The minimum Gasteiger partial charge on any atom is -0.383 e. The van der Waals surface area contributed by atoms with Crippen molar-refractivity contribution in [2.45, 2.75) is 0 Å². The molecule has 0 amide bonds. The Balaban J connectivity index is 2.52. The number of pyridine rings is 2. The van der Waals surface area contributed by atoms with Crippen molar-refractivity contribution in [3.63, 3.8) is 0 Å². The predicted octanol–water partition coefficient (Wildman–Crippen LogP) is 2.24. The van der Waals surface area contributed by atoms with Crippen molar-refractivity contribution >= 4 is 27.6 Å². The van der Waals surface area contributed by atoms with Crippen LogP contribution in [0.15, 0.2) is 36.5 Å². The van der Waals surface area contributed by atoms with Crippen LogP contribution in [0.3, 0.4) is 0 Å². The summed E-state index contributed by atoms with van der Waals surface area (Å²) in [5.41, 5.74) is 7.77. The number of nitrogens with zero attached hydrogens (tertiary/aromatic N) is 3. The van der Waals surface area contributed by atoms with E-state index < -0.39 is 0 Å². The predicted molar refractivity (Wildman–Crippen MR) is 66.2 cm³/mol. The molecule has 0 unspecified atom stereocenters. The fourth-order valence-corrected chi connectivity index (χ4v) is 1.87. The summed E-state index contributed by atoms with van der Waals surface area (Å²) < 4.78 is 0. The van der Waals surface area contributed by atoms with Crippen LogP contribution in [0.1, 0.15) is 5.56 Å². The Labute approximate surface area is 97.3 Å². The molecule has 4 heteroatoms. The quantitative estimate of drug-likeness (QED) is 0.589. The zero-order valence-corrected chi connectivity index (χ0v) is 8.88. The Hall–Kier alpha value is -2.67. The second kappa shape index (κ2) is 3.42. The molecule has 0 spiro atoms. The molecule has 4 nitrogen and oxygen atoms in total. The topological polar surface area (TPSA) is 75.6 Å². The van der Waals surface area contributed by atoms with Gasteiger partial charge in [-0.25, -0.2) is 4.98 Å². The summed E-state index contributed by atoms with van der Waals surface area (Å²) in [6.07, 6.45) is 1.71. The minimum atomic E-state index is 0.261. The van der Waals surface area contributed by atoms with Crippen molar-refractivity contribution in [1.82, 2.24) is 9.97 Å². The van der Waals surface area contributed by atoms with Crippen LogP contribution >= 0.6 is 0 Å². The number of nitrogen functional groups attached to an aromatic ring is 1. The number of nitriles is 1. The van der Waals surface area contributed by atoms with Crippen molar-refractivity contribution in [3.05, 3.63) is 42.1 Å². The summed E-state index contributed by atoms with van der Waals surface area (Å²) in [5.74, 6) is 0.261. The van der Waals surface area contributed by atoms with E-state index in [0.717, 1.165) is 21.8 Å². The summed E-state index contributed by atoms with van der Waals surface area (Å²) in [6.45, 7) is 0. The molecule has 0 bridgehead atoms. The fourth-order valence-electron chi connectivity index (χ4n) is 1.87. The molecule has 17 heavy (non-hydrogen) atoms. The molecule has 3 rings (SSSR count). The summed E-state index contributed by atoms with van der Waals surface area (Å²) in [7, 11) is 0. The molecule has 1 aromatic carbocycles. The maximum absolute atomic E-state index is 8.90. The third kappa shape index (κ3) is 1.37. The lowest BCUT2D eigenvalue weighted by Crippen LogP contribution is -1.96. The highest BCUT2D eigenvalue weighted by Gasteiger charge is 2.06. The van der Waals surface area contributed by atoms with Gasteiger partial charge in [0.1, 0.15) is 11.9 Å². The number of fused-ring (bicyclic) bond motifs is 3. The van der Waals surface area contributed by atoms with Gasteiger partial charge in [0.15, 0.2) is 0 Å². The lowest BCUT2D eigenvalue weighted by atomic mass is 10.1. The Kier molecular flexibility index (Phi) is 1.92. The first-order chi connectivity index (χ1) is 8.29. The van der Waals surface area contributed by atoms with E-state index in [9.17, 15) is 0 Å². The van der Waals surface area contributed by atoms with Crippen LogP contribution in [0.4, 0.5) is 5.82 Å². The van der Waals surface area contributed by atoms with E-state index in [1.165, 1.54) is 0 Å². The zero-order chi connectivity index (χ0) is 11.8. The average Bonchev–Trinajstić information content (AvgIpc) is 2.38. The third-order valence-electron chi connectivity index (χ3n) is 2.70. The third-order valence-corrected chi connectivity index (χ3v) is 2.70. The van der Waals surface area contributed by atoms with Gasteiger partial charge in [-0.1, -0.05) is 18.2 Å². The summed E-state index contributed by atoms with van der Waals surface area (Å²) in [5, 5.41) is 10.7. The molecule has 0 saturated heterocycles. The number of para-hydroxylation sites is 1. The first-order valence-electron chi connectivity index (χ1n) is 5.13. The lowest BCUT2D eigenvalue weighted by Gasteiger charge is -2.04. The number of aromatic nitrogens is 2. The molecule has 0 fully saturated rings. The molecular formula is C13H8N4. The van der Waals surface area contributed by atoms with Crippen LogP contribution in [0, 0.1) is 11.3 Å². The first kappa shape index (κ1) is 9.55. The molecule has 0 radical (unpaired) electrons. The van der Waals surface area contributed by atoms with Crippen LogP contribution in [-0.2, 0) is 0 Å². The summed E-state index contributed by atoms with van der Waals surface area (Å²) in [6, 6.07) is 11.5. The van der Waals surface area contributed by atoms with Gasteiger partial charge >= 0.3 is 0 Å². The van der Waals surface area contributed by atoms with Gasteiger partial charge < -0.3 is 5.73 Å². The highest BCUT2D eigenvalue weighted by molar-refractivity contribution is 6.03. The molecule has 2 aromatic heterocycles. The molecule has 0 atom stereocenters. The Morgan fingerprint density at radius 2 is 2.06 bits per heavy atom. The van der Waals surface area contributed by atoms with E-state index in [2.05, 4.69) is 9.97 Å². The largest absolute Gasteiger partial charge is 0.383 e. The number of anilines is 1. The lowest BCUT2D eigenvalue weighted by molar-refractivity contribution is 1.36. The Morgan fingerprint density at radius 1 is 1.24 bits per heavy atom. The van der Waals surface area contributed by atoms with Crippen LogP contribution in [0.25, 0.3) is 21.8 Å². The highest BCUT2D eigenvalue weighted by atomic mass is 14.8. The van der Waals surface area contributed by atoms with Gasteiger partial charge in [-0.05, 0) is 12.1 Å². The number of benzene rings is 1. The van der Waals surface area contributed by atoms with Gasteiger partial charge in [-0.3, -0.25) is 4.98 Å². The number of rotatable bonds is 0. The molecule has 0 aliphatic carbocycles. The van der Waals surface area contributed by atoms with Crippen LogP contribution in [0.5, 0.6) is 0 Å². The smallest absolute Gasteiger partial charge is 0.142 e. The van der Waals surface area contributed by atoms with E-state index in [0.29, 0.717) is 5.56 Å². The maximum Gasteiger partial charge on any atom is 0.142 e. The van der Waals surface area contributed by atoms with Gasteiger partial charge in [0.2, 0.25) is 0 Å². The monoisotopic (exact) mass is 220 g/mol. The number of nitrogens with two attached hydrogens (primary N) is 1. The molecule has 0 aliphatic heterocycles. The molecular weight excluding hydrogens is 212 g/mol. The molecule has 0 aliphatic rings. The van der Waals surface area contributed by atoms with E-state index >= 15 is 0 Å². The van der Waals surface area contributed by atoms with Crippen molar-refractivity contribution in [1.29, 1.82) is 5.26 Å². The zero-order valence-electron chi connectivity index (χ0n) is 8.88. The van der Waals surface area contributed by atoms with Crippen molar-refractivity contribution in [2.24, 2.45) is 0 Å². The maximum atomic E-state index is 8.90. The van der Waals surface area contributed by atoms with E-state index in [4.69, 9.17) is 11.0 Å². The summed E-state index contributed by atoms with van der Waals surface area (Å²) >= 11 is 0. The minimum absolute atomic E-state index is 0.261. The second-order valence-electron chi connectivity index (χ2n) is 3.75. The van der Waals surface area contributed by atoms with Gasteiger partial charge in [-0.2, -0.15) is 5.26 Å². The summed E-state index contributed by atoms with van der Waals surface area (Å²) in [4.78, 5) is 8.61. The van der Waals surface area contributed by atoms with Crippen LogP contribution in [-0.4, -0.2) is 9.97 Å². The Morgan fingerprint density at radius 3 is 2.88 bits per heavy atom. The first-order valence-corrected chi connectivity index (χ1v) is 5.13. The molecule has 3 aromatic rings. The molecule has 2 N–H and O–H groups in total. The van der Waals surface area contributed by atoms with Gasteiger partial charge in [0.05, 0.1) is 16.6 Å². The average molecular weight is 220 g/mol. The second-order valence-corrected chi connectivity index (χ2v) is 3.75. The number of hydrogen-bond acceptors (Lipinski definition) is 4. The number of hydrogen-bond donors (Lipinski definition) is 1. The van der Waals surface area contributed by atoms with Gasteiger partial charge in [0, 0.05) is 17.0 Å². The SMILES string of the molecule is N#Cc1cc2cnc3ccccc3c2nc1N. The Bertz CT molecular complexity index is 771.